The quantitative estimate of drug-likeness (QED) is 0.747. The first-order valence-corrected chi connectivity index (χ1v) is 7.28. The number of fused-ring (bicyclic) bond motifs is 1. The highest BCUT2D eigenvalue weighted by atomic mass is 32.2. The van der Waals surface area contributed by atoms with Crippen molar-refractivity contribution in [3.63, 3.8) is 0 Å². The molecule has 0 aliphatic rings. The molecule has 18 heavy (non-hydrogen) atoms. The van der Waals surface area contributed by atoms with Crippen LogP contribution < -0.4 is 0 Å². The normalized spacial score (nSPS) is 11.0. The van der Waals surface area contributed by atoms with Crippen LogP contribution in [0.1, 0.15) is 26.7 Å². The van der Waals surface area contributed by atoms with Gasteiger partial charge in [0.25, 0.3) is 0 Å². The number of ketones is 1. The first kappa shape index (κ1) is 13.1. The summed E-state index contributed by atoms with van der Waals surface area (Å²) in [4.78, 5) is 15.7. The Balaban J connectivity index is 2.33. The van der Waals surface area contributed by atoms with Crippen LogP contribution in [0.5, 0.6) is 0 Å². The zero-order valence-corrected chi connectivity index (χ0v) is 11.7. The number of rotatable bonds is 6. The van der Waals surface area contributed by atoms with Crippen LogP contribution in [-0.4, -0.2) is 21.1 Å². The Morgan fingerprint density at radius 1 is 1.39 bits per heavy atom. The monoisotopic (exact) mass is 262 g/mol. The fraction of sp³-hybridized carbons (Fsp3) is 0.429. The molecule has 0 saturated carbocycles. The first-order chi connectivity index (χ1) is 8.72. The van der Waals surface area contributed by atoms with E-state index in [1.54, 1.807) is 6.92 Å². The first-order valence-electron chi connectivity index (χ1n) is 6.30. The highest BCUT2D eigenvalue weighted by Gasteiger charge is 2.10. The molecule has 96 valence electrons. The molecule has 0 bridgehead atoms. The second kappa shape index (κ2) is 6.05. The number of Topliss-reactive ketones (excluding diaryl/α,β-unsaturated/α-hetero) is 1. The predicted octanol–water partition coefficient (Wildman–Crippen LogP) is 3.52. The SMILES string of the molecule is CCCCn1c(SCC(C)=O)nc2ccccc21. The second-order valence-electron chi connectivity index (χ2n) is 4.38. The summed E-state index contributed by atoms with van der Waals surface area (Å²) in [5.74, 6) is 0.684. The van der Waals surface area contributed by atoms with Gasteiger partial charge in [-0.25, -0.2) is 4.98 Å². The molecular formula is C14H18N2OS. The van der Waals surface area contributed by atoms with Gasteiger partial charge in [0, 0.05) is 6.54 Å². The topological polar surface area (TPSA) is 34.9 Å². The standard InChI is InChI=1S/C14H18N2OS/c1-3-4-9-16-13-8-6-5-7-12(13)15-14(16)18-10-11(2)17/h5-8H,3-4,9-10H2,1-2H3. The Kier molecular flexibility index (Phi) is 4.42. The van der Waals surface area contributed by atoms with Crippen molar-refractivity contribution in [3.05, 3.63) is 24.3 Å². The number of para-hydroxylation sites is 2. The van der Waals surface area contributed by atoms with Crippen LogP contribution in [-0.2, 0) is 11.3 Å². The molecule has 3 nitrogen and oxygen atoms in total. The van der Waals surface area contributed by atoms with E-state index in [1.165, 1.54) is 11.8 Å². The van der Waals surface area contributed by atoms with Crippen LogP contribution in [0.3, 0.4) is 0 Å². The number of aromatic nitrogens is 2. The summed E-state index contributed by atoms with van der Waals surface area (Å²) in [6, 6.07) is 8.15. The number of benzene rings is 1. The summed E-state index contributed by atoms with van der Waals surface area (Å²) < 4.78 is 2.23. The Hall–Kier alpha value is -1.29. The summed E-state index contributed by atoms with van der Waals surface area (Å²) in [5.41, 5.74) is 2.18. The number of imidazole rings is 1. The van der Waals surface area contributed by atoms with E-state index in [2.05, 4.69) is 22.5 Å². The van der Waals surface area contributed by atoms with Crippen LogP contribution in [0.4, 0.5) is 0 Å². The minimum atomic E-state index is 0.189. The maximum absolute atomic E-state index is 11.1. The molecule has 1 aromatic heterocycles. The van der Waals surface area contributed by atoms with Gasteiger partial charge in [-0.1, -0.05) is 37.2 Å². The molecule has 4 heteroatoms. The van der Waals surface area contributed by atoms with Crippen molar-refractivity contribution in [2.45, 2.75) is 38.4 Å². The van der Waals surface area contributed by atoms with E-state index in [4.69, 9.17) is 0 Å². The third-order valence-corrected chi connectivity index (χ3v) is 3.88. The zero-order chi connectivity index (χ0) is 13.0. The van der Waals surface area contributed by atoms with Crippen molar-refractivity contribution in [2.75, 3.05) is 5.75 Å². The Labute approximate surface area is 112 Å². The van der Waals surface area contributed by atoms with Gasteiger partial charge in [-0.05, 0) is 25.5 Å². The van der Waals surface area contributed by atoms with Gasteiger partial charge in [0.05, 0.1) is 16.8 Å². The lowest BCUT2D eigenvalue weighted by Crippen LogP contribution is -2.02. The summed E-state index contributed by atoms with van der Waals surface area (Å²) in [5, 5.41) is 0.958. The molecule has 2 aromatic rings. The van der Waals surface area contributed by atoms with Crippen LogP contribution in [0.2, 0.25) is 0 Å². The number of carbonyl (C=O) groups excluding carboxylic acids is 1. The van der Waals surface area contributed by atoms with E-state index in [-0.39, 0.29) is 5.78 Å². The van der Waals surface area contributed by atoms with Crippen LogP contribution >= 0.6 is 11.8 Å². The minimum absolute atomic E-state index is 0.189. The van der Waals surface area contributed by atoms with E-state index in [1.807, 2.05) is 18.2 Å². The zero-order valence-electron chi connectivity index (χ0n) is 10.8. The third kappa shape index (κ3) is 2.93. The highest BCUT2D eigenvalue weighted by Crippen LogP contribution is 2.24. The van der Waals surface area contributed by atoms with Crippen molar-refractivity contribution < 1.29 is 4.79 Å². The summed E-state index contributed by atoms with van der Waals surface area (Å²) in [6.45, 7) is 4.77. The molecule has 0 fully saturated rings. The van der Waals surface area contributed by atoms with Gasteiger partial charge in [0.15, 0.2) is 5.16 Å². The fourth-order valence-corrected chi connectivity index (χ4v) is 2.70. The Bertz CT molecular complexity index is 548. The third-order valence-electron chi connectivity index (χ3n) is 2.76. The molecule has 1 heterocycles. The molecule has 0 spiro atoms. The summed E-state index contributed by atoms with van der Waals surface area (Å²) in [7, 11) is 0. The predicted molar refractivity (Wildman–Crippen MR) is 76.0 cm³/mol. The van der Waals surface area contributed by atoms with Gasteiger partial charge in [-0.15, -0.1) is 0 Å². The molecule has 2 rings (SSSR count). The number of nitrogens with zero attached hydrogens (tertiary/aromatic N) is 2. The summed E-state index contributed by atoms with van der Waals surface area (Å²) in [6.07, 6.45) is 2.29. The largest absolute Gasteiger partial charge is 0.319 e. The molecule has 0 radical (unpaired) electrons. The van der Waals surface area contributed by atoms with E-state index >= 15 is 0 Å². The van der Waals surface area contributed by atoms with Gasteiger partial charge in [-0.3, -0.25) is 4.79 Å². The van der Waals surface area contributed by atoms with E-state index in [9.17, 15) is 4.79 Å². The van der Waals surface area contributed by atoms with Crippen molar-refractivity contribution in [3.8, 4) is 0 Å². The van der Waals surface area contributed by atoms with Gasteiger partial charge < -0.3 is 4.57 Å². The van der Waals surface area contributed by atoms with Crippen molar-refractivity contribution in [1.29, 1.82) is 0 Å². The lowest BCUT2D eigenvalue weighted by atomic mass is 10.3. The van der Waals surface area contributed by atoms with Gasteiger partial charge in [0.2, 0.25) is 0 Å². The lowest BCUT2D eigenvalue weighted by molar-refractivity contribution is -0.114. The van der Waals surface area contributed by atoms with Crippen LogP contribution in [0.15, 0.2) is 29.4 Å². The number of hydrogen-bond acceptors (Lipinski definition) is 3. The van der Waals surface area contributed by atoms with Crippen LogP contribution in [0, 0.1) is 0 Å². The Morgan fingerprint density at radius 3 is 2.89 bits per heavy atom. The van der Waals surface area contributed by atoms with Crippen LogP contribution in [0.25, 0.3) is 11.0 Å². The second-order valence-corrected chi connectivity index (χ2v) is 5.32. The van der Waals surface area contributed by atoms with Gasteiger partial charge >= 0.3 is 0 Å². The number of hydrogen-bond donors (Lipinski definition) is 0. The number of unbranched alkanes of at least 4 members (excludes halogenated alkanes) is 1. The van der Waals surface area contributed by atoms with Crippen molar-refractivity contribution in [1.82, 2.24) is 9.55 Å². The number of carbonyl (C=O) groups is 1. The maximum atomic E-state index is 11.1. The summed E-state index contributed by atoms with van der Waals surface area (Å²) >= 11 is 1.53. The molecule has 0 aliphatic carbocycles. The van der Waals surface area contributed by atoms with E-state index < -0.39 is 0 Å². The molecular weight excluding hydrogens is 244 g/mol. The minimum Gasteiger partial charge on any atom is -0.319 e. The fourth-order valence-electron chi connectivity index (χ4n) is 1.86. The molecule has 0 N–H and O–H groups in total. The average molecular weight is 262 g/mol. The highest BCUT2D eigenvalue weighted by molar-refractivity contribution is 7.99. The van der Waals surface area contributed by atoms with Gasteiger partial charge in [-0.2, -0.15) is 0 Å². The molecule has 0 atom stereocenters. The number of aryl methyl sites for hydroxylation is 1. The smallest absolute Gasteiger partial charge is 0.169 e. The lowest BCUT2D eigenvalue weighted by Gasteiger charge is -2.07. The van der Waals surface area contributed by atoms with E-state index in [0.717, 1.165) is 35.6 Å². The molecule has 0 saturated heterocycles. The molecule has 0 amide bonds. The molecule has 0 aliphatic heterocycles. The average Bonchev–Trinajstić information content (AvgIpc) is 2.71. The Morgan fingerprint density at radius 2 is 2.17 bits per heavy atom. The number of thioether (sulfide) groups is 1. The molecule has 1 aromatic carbocycles. The molecule has 0 unspecified atom stereocenters. The van der Waals surface area contributed by atoms with Gasteiger partial charge in [0.1, 0.15) is 5.78 Å². The maximum Gasteiger partial charge on any atom is 0.169 e. The van der Waals surface area contributed by atoms with E-state index in [0.29, 0.717) is 5.75 Å². The van der Waals surface area contributed by atoms with Crippen molar-refractivity contribution >= 4 is 28.6 Å². The van der Waals surface area contributed by atoms with Crippen molar-refractivity contribution in [2.24, 2.45) is 0 Å².